The van der Waals surface area contributed by atoms with Crippen LogP contribution in [0.5, 0.6) is 0 Å². The maximum Gasteiger partial charge on any atom is 0.306 e. The molecule has 1 heterocycles. The van der Waals surface area contributed by atoms with Gasteiger partial charge < -0.3 is 9.84 Å². The SMILES string of the molecule is CC(C)C(CC1CCOCC1)C(=O)O. The van der Waals surface area contributed by atoms with Gasteiger partial charge in [-0.15, -0.1) is 0 Å². The van der Waals surface area contributed by atoms with Gasteiger partial charge in [0.25, 0.3) is 0 Å². The van der Waals surface area contributed by atoms with Crippen molar-refractivity contribution in [1.82, 2.24) is 0 Å². The van der Waals surface area contributed by atoms with E-state index in [0.29, 0.717) is 5.92 Å². The second kappa shape index (κ2) is 5.35. The van der Waals surface area contributed by atoms with E-state index < -0.39 is 5.97 Å². The molecule has 1 fully saturated rings. The van der Waals surface area contributed by atoms with Crippen LogP contribution in [0, 0.1) is 17.8 Å². The molecule has 0 bridgehead atoms. The highest BCUT2D eigenvalue weighted by Gasteiger charge is 2.26. The summed E-state index contributed by atoms with van der Waals surface area (Å²) >= 11 is 0. The number of hydrogen-bond acceptors (Lipinski definition) is 2. The van der Waals surface area contributed by atoms with Crippen molar-refractivity contribution in [3.8, 4) is 0 Å². The van der Waals surface area contributed by atoms with E-state index in [1.165, 1.54) is 0 Å². The van der Waals surface area contributed by atoms with E-state index in [0.717, 1.165) is 32.5 Å². The molecule has 3 nitrogen and oxygen atoms in total. The van der Waals surface area contributed by atoms with Crippen LogP contribution >= 0.6 is 0 Å². The fraction of sp³-hybridized carbons (Fsp3) is 0.909. The topological polar surface area (TPSA) is 46.5 Å². The van der Waals surface area contributed by atoms with Crippen molar-refractivity contribution in [2.45, 2.75) is 33.1 Å². The molecule has 1 aliphatic heterocycles. The van der Waals surface area contributed by atoms with Gasteiger partial charge in [0, 0.05) is 13.2 Å². The monoisotopic (exact) mass is 200 g/mol. The number of ether oxygens (including phenoxy) is 1. The fourth-order valence-corrected chi connectivity index (χ4v) is 2.00. The highest BCUT2D eigenvalue weighted by molar-refractivity contribution is 5.70. The molecule has 0 amide bonds. The van der Waals surface area contributed by atoms with Gasteiger partial charge in [-0.25, -0.2) is 0 Å². The van der Waals surface area contributed by atoms with Crippen LogP contribution < -0.4 is 0 Å². The van der Waals surface area contributed by atoms with E-state index in [2.05, 4.69) is 0 Å². The summed E-state index contributed by atoms with van der Waals surface area (Å²) in [7, 11) is 0. The van der Waals surface area contributed by atoms with Gasteiger partial charge in [-0.3, -0.25) is 4.79 Å². The molecule has 1 saturated heterocycles. The van der Waals surface area contributed by atoms with Crippen molar-refractivity contribution in [3.05, 3.63) is 0 Å². The highest BCUT2D eigenvalue weighted by atomic mass is 16.5. The number of hydrogen-bond donors (Lipinski definition) is 1. The molecule has 0 aromatic carbocycles. The molecule has 3 heteroatoms. The van der Waals surface area contributed by atoms with Crippen LogP contribution in [0.25, 0.3) is 0 Å². The molecule has 1 N–H and O–H groups in total. The van der Waals surface area contributed by atoms with Crippen LogP contribution in [0.3, 0.4) is 0 Å². The zero-order chi connectivity index (χ0) is 10.6. The van der Waals surface area contributed by atoms with E-state index in [1.54, 1.807) is 0 Å². The second-order valence-corrected chi connectivity index (χ2v) is 4.48. The van der Waals surface area contributed by atoms with E-state index in [4.69, 9.17) is 9.84 Å². The lowest BCUT2D eigenvalue weighted by molar-refractivity contribution is -0.144. The van der Waals surface area contributed by atoms with E-state index in [9.17, 15) is 4.79 Å². The maximum atomic E-state index is 11.0. The first-order valence-electron chi connectivity index (χ1n) is 5.41. The lowest BCUT2D eigenvalue weighted by Crippen LogP contribution is -2.26. The molecule has 1 rings (SSSR count). The number of rotatable bonds is 4. The molecule has 1 aliphatic rings. The third-order valence-electron chi connectivity index (χ3n) is 3.05. The second-order valence-electron chi connectivity index (χ2n) is 4.48. The minimum Gasteiger partial charge on any atom is -0.481 e. The van der Waals surface area contributed by atoms with Gasteiger partial charge in [-0.05, 0) is 31.1 Å². The highest BCUT2D eigenvalue weighted by Crippen LogP contribution is 2.27. The van der Waals surface area contributed by atoms with Gasteiger partial charge in [0.2, 0.25) is 0 Å². The molecule has 14 heavy (non-hydrogen) atoms. The Balaban J connectivity index is 2.41. The average molecular weight is 200 g/mol. The summed E-state index contributed by atoms with van der Waals surface area (Å²) in [4.78, 5) is 11.0. The lowest BCUT2D eigenvalue weighted by Gasteiger charge is -2.26. The third-order valence-corrected chi connectivity index (χ3v) is 3.05. The van der Waals surface area contributed by atoms with Crippen molar-refractivity contribution in [1.29, 1.82) is 0 Å². The Morgan fingerprint density at radius 3 is 2.43 bits per heavy atom. The molecule has 0 aromatic heterocycles. The molecular formula is C11H20O3. The first kappa shape index (κ1) is 11.5. The molecule has 0 aliphatic carbocycles. The number of carboxylic acid groups (broad SMARTS) is 1. The van der Waals surface area contributed by atoms with Crippen LogP contribution in [0.2, 0.25) is 0 Å². The zero-order valence-corrected chi connectivity index (χ0v) is 9.03. The van der Waals surface area contributed by atoms with Crippen LogP contribution in [0.4, 0.5) is 0 Å². The first-order chi connectivity index (χ1) is 6.61. The summed E-state index contributed by atoms with van der Waals surface area (Å²) < 4.78 is 5.25. The van der Waals surface area contributed by atoms with E-state index in [-0.39, 0.29) is 11.8 Å². The van der Waals surface area contributed by atoms with Gasteiger partial charge in [0.05, 0.1) is 5.92 Å². The Labute approximate surface area is 85.5 Å². The predicted octanol–water partition coefficient (Wildman–Crippen LogP) is 2.16. The maximum absolute atomic E-state index is 11.0. The Bertz CT molecular complexity index is 183. The Morgan fingerprint density at radius 2 is 2.00 bits per heavy atom. The fourth-order valence-electron chi connectivity index (χ4n) is 2.00. The lowest BCUT2D eigenvalue weighted by atomic mass is 9.83. The minimum atomic E-state index is -0.647. The number of carbonyl (C=O) groups is 1. The zero-order valence-electron chi connectivity index (χ0n) is 9.03. The molecular weight excluding hydrogens is 180 g/mol. The summed E-state index contributed by atoms with van der Waals surface area (Å²) in [5.41, 5.74) is 0. The van der Waals surface area contributed by atoms with Crippen molar-refractivity contribution in [3.63, 3.8) is 0 Å². The third kappa shape index (κ3) is 3.29. The molecule has 0 spiro atoms. The summed E-state index contributed by atoms with van der Waals surface area (Å²) in [6.07, 6.45) is 2.86. The Morgan fingerprint density at radius 1 is 1.43 bits per heavy atom. The molecule has 1 atom stereocenters. The summed E-state index contributed by atoms with van der Waals surface area (Å²) in [5.74, 6) is -0.0489. The number of aliphatic carboxylic acids is 1. The number of carboxylic acids is 1. The van der Waals surface area contributed by atoms with Gasteiger partial charge in [0.15, 0.2) is 0 Å². The van der Waals surface area contributed by atoms with Crippen LogP contribution in [-0.4, -0.2) is 24.3 Å². The van der Waals surface area contributed by atoms with Crippen molar-refractivity contribution >= 4 is 5.97 Å². The quantitative estimate of drug-likeness (QED) is 0.756. The van der Waals surface area contributed by atoms with E-state index >= 15 is 0 Å². The van der Waals surface area contributed by atoms with Crippen molar-refractivity contribution in [2.75, 3.05) is 13.2 Å². The predicted molar refractivity (Wildman–Crippen MR) is 54.1 cm³/mol. The average Bonchev–Trinajstić information content (AvgIpc) is 2.15. The normalized spacial score (nSPS) is 21.1. The van der Waals surface area contributed by atoms with Gasteiger partial charge in [-0.1, -0.05) is 13.8 Å². The summed E-state index contributed by atoms with van der Waals surface area (Å²) in [5, 5.41) is 9.04. The van der Waals surface area contributed by atoms with Gasteiger partial charge in [0.1, 0.15) is 0 Å². The van der Waals surface area contributed by atoms with Crippen molar-refractivity contribution < 1.29 is 14.6 Å². The molecule has 0 radical (unpaired) electrons. The van der Waals surface area contributed by atoms with Gasteiger partial charge in [-0.2, -0.15) is 0 Å². The Kier molecular flexibility index (Phi) is 4.39. The summed E-state index contributed by atoms with van der Waals surface area (Å²) in [6, 6.07) is 0. The largest absolute Gasteiger partial charge is 0.481 e. The Hall–Kier alpha value is -0.570. The summed E-state index contributed by atoms with van der Waals surface area (Å²) in [6.45, 7) is 5.57. The minimum absolute atomic E-state index is 0.182. The smallest absolute Gasteiger partial charge is 0.306 e. The van der Waals surface area contributed by atoms with Crippen molar-refractivity contribution in [2.24, 2.45) is 17.8 Å². The molecule has 0 saturated carbocycles. The molecule has 82 valence electrons. The molecule has 0 aromatic rings. The van der Waals surface area contributed by atoms with Crippen LogP contribution in [0.1, 0.15) is 33.1 Å². The van der Waals surface area contributed by atoms with Gasteiger partial charge >= 0.3 is 5.97 Å². The standard InChI is InChI=1S/C11H20O3/c1-8(2)10(11(12)13)7-9-3-5-14-6-4-9/h8-10H,3-7H2,1-2H3,(H,12,13). The van der Waals surface area contributed by atoms with Crippen LogP contribution in [0.15, 0.2) is 0 Å². The van der Waals surface area contributed by atoms with E-state index in [1.807, 2.05) is 13.8 Å². The molecule has 1 unspecified atom stereocenters. The van der Waals surface area contributed by atoms with Crippen LogP contribution in [-0.2, 0) is 9.53 Å². The first-order valence-corrected chi connectivity index (χ1v) is 5.41.